The second-order valence-electron chi connectivity index (χ2n) is 7.76. The molecule has 1 saturated heterocycles. The number of hydrogen-bond acceptors (Lipinski definition) is 4. The molecule has 0 bridgehead atoms. The van der Waals surface area contributed by atoms with Crippen LogP contribution in [0.4, 0.5) is 5.82 Å². The predicted molar refractivity (Wildman–Crippen MR) is 103 cm³/mol. The van der Waals surface area contributed by atoms with Crippen molar-refractivity contribution in [1.82, 2.24) is 15.1 Å². The maximum absolute atomic E-state index is 4.52. The number of piperidine rings is 1. The molecule has 1 aliphatic carbocycles. The zero-order chi connectivity index (χ0) is 17.2. The molecule has 1 aliphatic heterocycles. The van der Waals surface area contributed by atoms with E-state index in [1.54, 1.807) is 0 Å². The van der Waals surface area contributed by atoms with Crippen LogP contribution in [-0.4, -0.2) is 41.3 Å². The minimum absolute atomic E-state index is 0.472. The van der Waals surface area contributed by atoms with Crippen LogP contribution in [0.3, 0.4) is 0 Å². The fourth-order valence-electron chi connectivity index (χ4n) is 3.99. The van der Waals surface area contributed by atoms with Gasteiger partial charge in [0.1, 0.15) is 5.82 Å². The quantitative estimate of drug-likeness (QED) is 0.907. The lowest BCUT2D eigenvalue weighted by atomic mass is 9.80. The van der Waals surface area contributed by atoms with Gasteiger partial charge in [0.25, 0.3) is 0 Å². The van der Waals surface area contributed by atoms with E-state index in [0.717, 1.165) is 29.5 Å². The first-order chi connectivity index (χ1) is 12.2. The standard InChI is InChI=1S/C21H28N4/c1-15-13-20(22-19-7-4-12-25(2)14-19)23-24-21(15)18-10-8-17(9-11-18)16-5-3-6-16/h8-11,13,16,19H,3-7,12,14H2,1-2H3,(H,22,23)/t19-/m1/s1. The third-order valence-corrected chi connectivity index (χ3v) is 5.72. The number of likely N-dealkylation sites (tertiary alicyclic amines) is 1. The van der Waals surface area contributed by atoms with Crippen molar-refractivity contribution in [2.45, 2.75) is 51.0 Å². The highest BCUT2D eigenvalue weighted by atomic mass is 15.2. The van der Waals surface area contributed by atoms with E-state index in [1.807, 2.05) is 0 Å². The monoisotopic (exact) mass is 336 g/mol. The molecule has 0 radical (unpaired) electrons. The van der Waals surface area contributed by atoms with Gasteiger partial charge >= 0.3 is 0 Å². The third kappa shape index (κ3) is 3.69. The molecule has 1 atom stereocenters. The summed E-state index contributed by atoms with van der Waals surface area (Å²) in [4.78, 5) is 2.37. The number of benzene rings is 1. The van der Waals surface area contributed by atoms with Crippen LogP contribution in [-0.2, 0) is 0 Å². The van der Waals surface area contributed by atoms with Crippen molar-refractivity contribution >= 4 is 5.82 Å². The maximum atomic E-state index is 4.52. The number of likely N-dealkylation sites (N-methyl/N-ethyl adjacent to an activating group) is 1. The van der Waals surface area contributed by atoms with Crippen LogP contribution < -0.4 is 5.32 Å². The van der Waals surface area contributed by atoms with E-state index >= 15 is 0 Å². The summed E-state index contributed by atoms with van der Waals surface area (Å²) in [5.41, 5.74) is 4.81. The van der Waals surface area contributed by atoms with Gasteiger partial charge in [0.2, 0.25) is 0 Å². The van der Waals surface area contributed by atoms with Crippen molar-refractivity contribution in [2.75, 3.05) is 25.5 Å². The molecule has 4 nitrogen and oxygen atoms in total. The molecule has 4 heteroatoms. The van der Waals surface area contributed by atoms with Gasteiger partial charge in [0.05, 0.1) is 5.69 Å². The van der Waals surface area contributed by atoms with Gasteiger partial charge in [0.15, 0.2) is 0 Å². The van der Waals surface area contributed by atoms with Gasteiger partial charge in [-0.1, -0.05) is 30.7 Å². The first-order valence-electron chi connectivity index (χ1n) is 9.59. The smallest absolute Gasteiger partial charge is 0.149 e. The lowest BCUT2D eigenvalue weighted by molar-refractivity contribution is 0.260. The number of aryl methyl sites for hydroxylation is 1. The minimum Gasteiger partial charge on any atom is -0.365 e. The third-order valence-electron chi connectivity index (χ3n) is 5.72. The second kappa shape index (κ2) is 7.12. The van der Waals surface area contributed by atoms with Crippen molar-refractivity contribution in [3.8, 4) is 11.3 Å². The fourth-order valence-corrected chi connectivity index (χ4v) is 3.99. The van der Waals surface area contributed by atoms with Crippen LogP contribution in [0.25, 0.3) is 11.3 Å². The molecule has 2 heterocycles. The van der Waals surface area contributed by atoms with Gasteiger partial charge in [-0.2, -0.15) is 0 Å². The Morgan fingerprint density at radius 3 is 2.48 bits per heavy atom. The van der Waals surface area contributed by atoms with Gasteiger partial charge in [-0.25, -0.2) is 0 Å². The van der Waals surface area contributed by atoms with E-state index in [2.05, 4.69) is 64.7 Å². The summed E-state index contributed by atoms with van der Waals surface area (Å²) in [5, 5.41) is 12.5. The van der Waals surface area contributed by atoms with E-state index in [9.17, 15) is 0 Å². The molecule has 1 N–H and O–H groups in total. The van der Waals surface area contributed by atoms with Crippen molar-refractivity contribution in [3.63, 3.8) is 0 Å². The van der Waals surface area contributed by atoms with Gasteiger partial charge in [-0.3, -0.25) is 0 Å². The Bertz CT molecular complexity index is 721. The molecule has 2 aromatic rings. The normalized spacial score (nSPS) is 21.8. The van der Waals surface area contributed by atoms with Gasteiger partial charge < -0.3 is 10.2 Å². The van der Waals surface area contributed by atoms with E-state index in [4.69, 9.17) is 0 Å². The summed E-state index contributed by atoms with van der Waals surface area (Å²) in [7, 11) is 2.18. The van der Waals surface area contributed by atoms with Crippen LogP contribution >= 0.6 is 0 Å². The largest absolute Gasteiger partial charge is 0.365 e. The van der Waals surface area contributed by atoms with Gasteiger partial charge in [-0.15, -0.1) is 10.2 Å². The van der Waals surface area contributed by atoms with Crippen LogP contribution in [0.1, 0.15) is 49.1 Å². The number of aromatic nitrogens is 2. The van der Waals surface area contributed by atoms with Crippen molar-refractivity contribution in [1.29, 1.82) is 0 Å². The number of hydrogen-bond donors (Lipinski definition) is 1. The lowest BCUT2D eigenvalue weighted by Crippen LogP contribution is -2.39. The molecule has 4 rings (SSSR count). The molecule has 1 aromatic carbocycles. The first-order valence-corrected chi connectivity index (χ1v) is 9.59. The van der Waals surface area contributed by atoms with Crippen LogP contribution in [0.5, 0.6) is 0 Å². The van der Waals surface area contributed by atoms with Gasteiger partial charge in [0, 0.05) is 18.2 Å². The maximum Gasteiger partial charge on any atom is 0.149 e. The molecular formula is C21H28N4. The Morgan fingerprint density at radius 2 is 1.84 bits per heavy atom. The van der Waals surface area contributed by atoms with E-state index in [-0.39, 0.29) is 0 Å². The summed E-state index contributed by atoms with van der Waals surface area (Å²) in [6.07, 6.45) is 6.51. The first kappa shape index (κ1) is 16.5. The Balaban J connectivity index is 1.47. The topological polar surface area (TPSA) is 41.0 Å². The van der Waals surface area contributed by atoms with Crippen molar-refractivity contribution in [2.24, 2.45) is 0 Å². The zero-order valence-electron chi connectivity index (χ0n) is 15.3. The molecular weight excluding hydrogens is 308 g/mol. The summed E-state index contributed by atoms with van der Waals surface area (Å²) >= 11 is 0. The molecule has 25 heavy (non-hydrogen) atoms. The van der Waals surface area contributed by atoms with E-state index in [1.165, 1.54) is 49.8 Å². The average molecular weight is 336 g/mol. The highest BCUT2D eigenvalue weighted by Gasteiger charge is 2.20. The lowest BCUT2D eigenvalue weighted by Gasteiger charge is -2.30. The Morgan fingerprint density at radius 1 is 1.04 bits per heavy atom. The molecule has 1 aromatic heterocycles. The highest BCUT2D eigenvalue weighted by Crippen LogP contribution is 2.37. The number of rotatable bonds is 4. The van der Waals surface area contributed by atoms with E-state index in [0.29, 0.717) is 6.04 Å². The molecule has 0 unspecified atom stereocenters. The Labute approximate surface area is 150 Å². The minimum atomic E-state index is 0.472. The number of nitrogens with one attached hydrogen (secondary N) is 1. The van der Waals surface area contributed by atoms with Crippen LogP contribution in [0, 0.1) is 6.92 Å². The van der Waals surface area contributed by atoms with Gasteiger partial charge in [-0.05, 0) is 69.3 Å². The molecule has 1 saturated carbocycles. The summed E-state index contributed by atoms with van der Waals surface area (Å²) in [6, 6.07) is 11.5. The average Bonchev–Trinajstić information content (AvgIpc) is 2.54. The van der Waals surface area contributed by atoms with E-state index < -0.39 is 0 Å². The SMILES string of the molecule is Cc1cc(N[C@@H]2CCCN(C)C2)nnc1-c1ccc(C2CCC2)cc1. The Kier molecular flexibility index (Phi) is 4.71. The van der Waals surface area contributed by atoms with Crippen LogP contribution in [0.15, 0.2) is 30.3 Å². The zero-order valence-corrected chi connectivity index (χ0v) is 15.3. The fraction of sp³-hybridized carbons (Fsp3) is 0.524. The van der Waals surface area contributed by atoms with Crippen molar-refractivity contribution in [3.05, 3.63) is 41.5 Å². The molecule has 2 aliphatic rings. The molecule has 0 spiro atoms. The number of anilines is 1. The molecule has 132 valence electrons. The summed E-state index contributed by atoms with van der Waals surface area (Å²) in [6.45, 7) is 4.39. The Hall–Kier alpha value is -1.94. The summed E-state index contributed by atoms with van der Waals surface area (Å²) in [5.74, 6) is 1.68. The number of nitrogens with zero attached hydrogens (tertiary/aromatic N) is 3. The second-order valence-corrected chi connectivity index (χ2v) is 7.76. The predicted octanol–water partition coefficient (Wildman–Crippen LogP) is 4.23. The molecule has 0 amide bonds. The highest BCUT2D eigenvalue weighted by molar-refractivity contribution is 5.64. The molecule has 2 fully saturated rings. The van der Waals surface area contributed by atoms with Crippen molar-refractivity contribution < 1.29 is 0 Å². The summed E-state index contributed by atoms with van der Waals surface area (Å²) < 4.78 is 0. The van der Waals surface area contributed by atoms with Crippen LogP contribution in [0.2, 0.25) is 0 Å².